The van der Waals surface area contributed by atoms with Gasteiger partial charge in [-0.15, -0.1) is 0 Å². The molecule has 7 heteroatoms. The van der Waals surface area contributed by atoms with Gasteiger partial charge in [0.05, 0.1) is 4.92 Å². The molecule has 1 saturated heterocycles. The van der Waals surface area contributed by atoms with Gasteiger partial charge in [-0.25, -0.2) is 0 Å². The molecule has 0 atom stereocenters. The number of thiocarbonyl (C=S) groups is 1. The summed E-state index contributed by atoms with van der Waals surface area (Å²) in [5, 5.41) is 14.5. The summed E-state index contributed by atoms with van der Waals surface area (Å²) >= 11 is 5.39. The van der Waals surface area contributed by atoms with Gasteiger partial charge < -0.3 is 15.1 Å². The molecule has 1 aromatic rings. The third-order valence-electron chi connectivity index (χ3n) is 3.90. The number of nitro benzene ring substituents is 1. The van der Waals surface area contributed by atoms with Crippen LogP contribution in [0.25, 0.3) is 0 Å². The molecule has 0 bridgehead atoms. The molecule has 1 aliphatic heterocycles. The van der Waals surface area contributed by atoms with Crippen molar-refractivity contribution in [2.75, 3.05) is 32.5 Å². The van der Waals surface area contributed by atoms with Crippen LogP contribution in [0.4, 0.5) is 11.4 Å². The van der Waals surface area contributed by atoms with Gasteiger partial charge in [-0.3, -0.25) is 10.1 Å². The van der Waals surface area contributed by atoms with Crippen molar-refractivity contribution in [2.45, 2.75) is 18.9 Å². The standard InChI is InChI=1S/C14H20N4O2S/c1-16-9-7-11(8-10-16)17(2)14(21)15-12-5-3-4-6-13(12)18(19)20/h3-6,11H,7-10H2,1-2H3,(H,15,21). The average Bonchev–Trinajstić information content (AvgIpc) is 2.47. The van der Waals surface area contributed by atoms with E-state index in [4.69, 9.17) is 12.2 Å². The Morgan fingerprint density at radius 3 is 2.67 bits per heavy atom. The quantitative estimate of drug-likeness (QED) is 0.525. The molecule has 0 saturated carbocycles. The van der Waals surface area contributed by atoms with E-state index >= 15 is 0 Å². The van der Waals surface area contributed by atoms with E-state index in [0.717, 1.165) is 25.9 Å². The summed E-state index contributed by atoms with van der Waals surface area (Å²) in [6.45, 7) is 2.09. The second-order valence-electron chi connectivity index (χ2n) is 5.35. The number of anilines is 1. The zero-order valence-electron chi connectivity index (χ0n) is 12.3. The molecule has 0 amide bonds. The van der Waals surface area contributed by atoms with Crippen LogP contribution < -0.4 is 5.32 Å². The van der Waals surface area contributed by atoms with Crippen LogP contribution >= 0.6 is 12.2 Å². The largest absolute Gasteiger partial charge is 0.349 e. The van der Waals surface area contributed by atoms with Crippen LogP contribution in [0.3, 0.4) is 0 Å². The van der Waals surface area contributed by atoms with E-state index in [9.17, 15) is 10.1 Å². The van der Waals surface area contributed by atoms with E-state index in [0.29, 0.717) is 16.8 Å². The Bertz CT molecular complexity index is 529. The molecular weight excluding hydrogens is 288 g/mol. The molecular formula is C14H20N4O2S. The predicted octanol–water partition coefficient (Wildman–Crippen LogP) is 2.32. The highest BCUT2D eigenvalue weighted by atomic mass is 32.1. The lowest BCUT2D eigenvalue weighted by atomic mass is 10.0. The van der Waals surface area contributed by atoms with Crippen molar-refractivity contribution >= 4 is 28.7 Å². The van der Waals surface area contributed by atoms with Gasteiger partial charge in [0.1, 0.15) is 5.69 Å². The fourth-order valence-corrected chi connectivity index (χ4v) is 2.75. The number of nitro groups is 1. The summed E-state index contributed by atoms with van der Waals surface area (Å²) in [5.74, 6) is 0. The van der Waals surface area contributed by atoms with Gasteiger partial charge in [0.25, 0.3) is 5.69 Å². The maximum atomic E-state index is 11.0. The van der Waals surface area contributed by atoms with Crippen molar-refractivity contribution in [3.8, 4) is 0 Å². The number of likely N-dealkylation sites (tertiary alicyclic amines) is 1. The number of hydrogen-bond acceptors (Lipinski definition) is 4. The Hall–Kier alpha value is -1.73. The second-order valence-corrected chi connectivity index (χ2v) is 5.74. The van der Waals surface area contributed by atoms with Crippen molar-refractivity contribution in [2.24, 2.45) is 0 Å². The molecule has 1 heterocycles. The molecule has 1 N–H and O–H groups in total. The van der Waals surface area contributed by atoms with Gasteiger partial charge >= 0.3 is 0 Å². The highest BCUT2D eigenvalue weighted by Gasteiger charge is 2.23. The Morgan fingerprint density at radius 2 is 2.05 bits per heavy atom. The van der Waals surface area contributed by atoms with Crippen LogP contribution in [0, 0.1) is 10.1 Å². The minimum Gasteiger partial charge on any atom is -0.349 e. The summed E-state index contributed by atoms with van der Waals surface area (Å²) in [7, 11) is 4.06. The summed E-state index contributed by atoms with van der Waals surface area (Å²) in [5.41, 5.74) is 0.476. The van der Waals surface area contributed by atoms with Gasteiger partial charge in [-0.05, 0) is 51.3 Å². The first-order valence-electron chi connectivity index (χ1n) is 6.95. The first-order chi connectivity index (χ1) is 9.99. The highest BCUT2D eigenvalue weighted by molar-refractivity contribution is 7.80. The lowest BCUT2D eigenvalue weighted by Crippen LogP contribution is -2.45. The number of rotatable bonds is 3. The average molecular weight is 308 g/mol. The number of piperidine rings is 1. The van der Waals surface area contributed by atoms with Crippen molar-refractivity contribution in [1.82, 2.24) is 9.80 Å². The lowest BCUT2D eigenvalue weighted by molar-refractivity contribution is -0.383. The van der Waals surface area contributed by atoms with Crippen LogP contribution in [-0.2, 0) is 0 Å². The van der Waals surface area contributed by atoms with Crippen LogP contribution in [0.15, 0.2) is 24.3 Å². The first kappa shape index (κ1) is 15.7. The normalized spacial score (nSPS) is 16.5. The minimum atomic E-state index is -0.402. The monoisotopic (exact) mass is 308 g/mol. The maximum Gasteiger partial charge on any atom is 0.292 e. The smallest absolute Gasteiger partial charge is 0.292 e. The molecule has 1 aromatic carbocycles. The second kappa shape index (κ2) is 6.82. The third kappa shape index (κ3) is 3.89. The van der Waals surface area contributed by atoms with Gasteiger partial charge in [0.15, 0.2) is 5.11 Å². The van der Waals surface area contributed by atoms with E-state index in [2.05, 4.69) is 17.3 Å². The molecule has 2 rings (SSSR count). The van der Waals surface area contributed by atoms with Crippen LogP contribution in [0.5, 0.6) is 0 Å². The minimum absolute atomic E-state index is 0.0385. The van der Waals surface area contributed by atoms with Gasteiger partial charge in [0, 0.05) is 19.2 Å². The molecule has 114 valence electrons. The number of benzene rings is 1. The summed E-state index contributed by atoms with van der Waals surface area (Å²) in [6.07, 6.45) is 2.09. The molecule has 6 nitrogen and oxygen atoms in total. The van der Waals surface area contributed by atoms with E-state index in [-0.39, 0.29) is 5.69 Å². The number of hydrogen-bond donors (Lipinski definition) is 1. The lowest BCUT2D eigenvalue weighted by Gasteiger charge is -2.36. The Kier molecular flexibility index (Phi) is 5.08. The van der Waals surface area contributed by atoms with Crippen molar-refractivity contribution in [3.63, 3.8) is 0 Å². The van der Waals surface area contributed by atoms with Crippen LogP contribution in [-0.4, -0.2) is 53.1 Å². The summed E-state index contributed by atoms with van der Waals surface area (Å²) in [6, 6.07) is 6.93. The molecule has 0 unspecified atom stereocenters. The van der Waals surface area contributed by atoms with Crippen LogP contribution in [0.1, 0.15) is 12.8 Å². The Labute approximate surface area is 129 Å². The number of nitrogens with one attached hydrogen (secondary N) is 1. The molecule has 0 radical (unpaired) electrons. The fourth-order valence-electron chi connectivity index (χ4n) is 2.49. The topological polar surface area (TPSA) is 61.6 Å². The molecule has 0 aliphatic carbocycles. The van der Waals surface area contributed by atoms with Gasteiger partial charge in [0.2, 0.25) is 0 Å². The Morgan fingerprint density at radius 1 is 1.43 bits per heavy atom. The van der Waals surface area contributed by atoms with E-state index < -0.39 is 4.92 Å². The third-order valence-corrected chi connectivity index (χ3v) is 4.29. The molecule has 1 aliphatic rings. The molecule has 0 aromatic heterocycles. The van der Waals surface area contributed by atoms with E-state index in [1.807, 2.05) is 11.9 Å². The first-order valence-corrected chi connectivity index (χ1v) is 7.35. The zero-order valence-corrected chi connectivity index (χ0v) is 13.1. The van der Waals surface area contributed by atoms with Crippen LogP contribution in [0.2, 0.25) is 0 Å². The number of nitrogens with zero attached hydrogens (tertiary/aromatic N) is 3. The molecule has 21 heavy (non-hydrogen) atoms. The van der Waals surface area contributed by atoms with E-state index in [1.54, 1.807) is 18.2 Å². The van der Waals surface area contributed by atoms with Gasteiger partial charge in [-0.1, -0.05) is 12.1 Å². The van der Waals surface area contributed by atoms with Crippen molar-refractivity contribution in [3.05, 3.63) is 34.4 Å². The predicted molar refractivity (Wildman–Crippen MR) is 87.6 cm³/mol. The molecule has 0 spiro atoms. The van der Waals surface area contributed by atoms with Gasteiger partial charge in [-0.2, -0.15) is 0 Å². The highest BCUT2D eigenvalue weighted by Crippen LogP contribution is 2.24. The number of para-hydroxylation sites is 2. The summed E-state index contributed by atoms with van der Waals surface area (Å²) < 4.78 is 0. The van der Waals surface area contributed by atoms with Crippen molar-refractivity contribution < 1.29 is 4.92 Å². The Balaban J connectivity index is 2.03. The van der Waals surface area contributed by atoms with E-state index in [1.165, 1.54) is 6.07 Å². The zero-order chi connectivity index (χ0) is 15.4. The fraction of sp³-hybridized carbons (Fsp3) is 0.500. The molecule has 1 fully saturated rings. The summed E-state index contributed by atoms with van der Waals surface area (Å²) in [4.78, 5) is 14.9. The van der Waals surface area contributed by atoms with Crippen molar-refractivity contribution in [1.29, 1.82) is 0 Å². The maximum absolute atomic E-state index is 11.0. The SMILES string of the molecule is CN1CCC(N(C)C(=S)Nc2ccccc2[N+](=O)[O-])CC1.